The van der Waals surface area contributed by atoms with Gasteiger partial charge in [0.15, 0.2) is 0 Å². The van der Waals surface area contributed by atoms with Crippen LogP contribution in [0.2, 0.25) is 0 Å². The number of nitrogens with two attached hydrogens (primary N) is 1. The molecule has 1 aromatic rings. The summed E-state index contributed by atoms with van der Waals surface area (Å²) in [6.07, 6.45) is 6.08. The third-order valence-electron chi connectivity index (χ3n) is 4.09. The predicted molar refractivity (Wildman–Crippen MR) is 77.9 cm³/mol. The van der Waals surface area contributed by atoms with Gasteiger partial charge >= 0.3 is 0 Å². The lowest BCUT2D eigenvalue weighted by Crippen LogP contribution is -2.55. The normalized spacial score (nSPS) is 18.0. The smallest absolute Gasteiger partial charge is 0.224 e. The lowest BCUT2D eigenvalue weighted by Gasteiger charge is -2.37. The second kappa shape index (κ2) is 6.20. The van der Waals surface area contributed by atoms with Gasteiger partial charge in [-0.1, -0.05) is 49.1 Å². The van der Waals surface area contributed by atoms with E-state index in [-0.39, 0.29) is 11.4 Å². The van der Waals surface area contributed by atoms with Gasteiger partial charge in [-0.3, -0.25) is 4.79 Å². The fourth-order valence-electron chi connectivity index (χ4n) is 2.84. The van der Waals surface area contributed by atoms with Gasteiger partial charge < -0.3 is 11.1 Å². The van der Waals surface area contributed by atoms with Crippen molar-refractivity contribution in [2.24, 2.45) is 5.73 Å². The van der Waals surface area contributed by atoms with Crippen LogP contribution in [0.5, 0.6) is 0 Å². The van der Waals surface area contributed by atoms with Crippen LogP contribution in [0.15, 0.2) is 24.3 Å². The number of aryl methyl sites for hydroxylation is 1. The summed E-state index contributed by atoms with van der Waals surface area (Å²) in [4.78, 5) is 12.2. The van der Waals surface area contributed by atoms with E-state index >= 15 is 0 Å². The average molecular weight is 260 g/mol. The van der Waals surface area contributed by atoms with Crippen LogP contribution in [0.3, 0.4) is 0 Å². The second-order valence-corrected chi connectivity index (χ2v) is 5.76. The summed E-state index contributed by atoms with van der Waals surface area (Å²) in [5, 5.41) is 3.18. The maximum Gasteiger partial charge on any atom is 0.224 e. The van der Waals surface area contributed by atoms with Crippen molar-refractivity contribution in [2.75, 3.05) is 6.54 Å². The lowest BCUT2D eigenvalue weighted by atomic mass is 9.81. The van der Waals surface area contributed by atoms with Gasteiger partial charge in [0.1, 0.15) is 0 Å². The maximum absolute atomic E-state index is 12.2. The number of benzene rings is 1. The number of hydrogen-bond donors (Lipinski definition) is 2. The van der Waals surface area contributed by atoms with Gasteiger partial charge in [0, 0.05) is 6.54 Å². The third kappa shape index (κ3) is 3.80. The molecule has 1 aliphatic carbocycles. The van der Waals surface area contributed by atoms with Crippen LogP contribution in [0.1, 0.15) is 43.2 Å². The summed E-state index contributed by atoms with van der Waals surface area (Å²) < 4.78 is 0. The monoisotopic (exact) mass is 260 g/mol. The van der Waals surface area contributed by atoms with Gasteiger partial charge in [0.2, 0.25) is 5.91 Å². The predicted octanol–water partition coefficient (Wildman–Crippen LogP) is 2.32. The molecule has 0 saturated heterocycles. The molecule has 0 aromatic heterocycles. The fourth-order valence-corrected chi connectivity index (χ4v) is 2.84. The van der Waals surface area contributed by atoms with E-state index < -0.39 is 0 Å². The number of nitrogens with one attached hydrogen (secondary N) is 1. The van der Waals surface area contributed by atoms with E-state index in [9.17, 15) is 4.79 Å². The zero-order valence-electron chi connectivity index (χ0n) is 11.7. The summed E-state index contributed by atoms with van der Waals surface area (Å²) in [5.74, 6) is 0.0937. The van der Waals surface area contributed by atoms with Crippen molar-refractivity contribution in [1.82, 2.24) is 5.32 Å². The molecule has 0 spiro atoms. The molecule has 0 unspecified atom stereocenters. The van der Waals surface area contributed by atoms with Crippen LogP contribution in [-0.2, 0) is 11.2 Å². The van der Waals surface area contributed by atoms with Crippen molar-refractivity contribution in [1.29, 1.82) is 0 Å². The third-order valence-corrected chi connectivity index (χ3v) is 4.09. The highest BCUT2D eigenvalue weighted by atomic mass is 16.1. The first-order chi connectivity index (χ1) is 9.13. The van der Waals surface area contributed by atoms with Crippen LogP contribution >= 0.6 is 0 Å². The number of carbonyl (C=O) groups is 1. The van der Waals surface area contributed by atoms with Crippen molar-refractivity contribution in [3.05, 3.63) is 35.4 Å². The van der Waals surface area contributed by atoms with Crippen LogP contribution < -0.4 is 11.1 Å². The second-order valence-electron chi connectivity index (χ2n) is 5.76. The van der Waals surface area contributed by atoms with Gasteiger partial charge in [-0.05, 0) is 25.3 Å². The molecule has 1 aliphatic rings. The summed E-state index contributed by atoms with van der Waals surface area (Å²) in [7, 11) is 0. The molecular weight excluding hydrogens is 236 g/mol. The SMILES string of the molecule is Cc1ccc(CC(=O)NC2(CN)CCCCC2)cc1. The van der Waals surface area contributed by atoms with Gasteiger partial charge in [-0.2, -0.15) is 0 Å². The zero-order chi connectivity index (χ0) is 13.7. The van der Waals surface area contributed by atoms with E-state index in [1.54, 1.807) is 0 Å². The van der Waals surface area contributed by atoms with Crippen molar-refractivity contribution in [3.8, 4) is 0 Å². The van der Waals surface area contributed by atoms with Gasteiger partial charge in [0.25, 0.3) is 0 Å². The van der Waals surface area contributed by atoms with Gasteiger partial charge in [-0.25, -0.2) is 0 Å². The molecule has 2 rings (SSSR count). The Morgan fingerprint density at radius 2 is 1.84 bits per heavy atom. The summed E-state index contributed by atoms with van der Waals surface area (Å²) in [6, 6.07) is 8.12. The van der Waals surface area contributed by atoms with Crippen LogP contribution in [0.4, 0.5) is 0 Å². The van der Waals surface area contributed by atoms with Crippen LogP contribution in [-0.4, -0.2) is 18.0 Å². The molecule has 3 heteroatoms. The molecule has 19 heavy (non-hydrogen) atoms. The molecule has 1 saturated carbocycles. The van der Waals surface area contributed by atoms with Crippen molar-refractivity contribution < 1.29 is 4.79 Å². The minimum atomic E-state index is -0.153. The van der Waals surface area contributed by atoms with E-state index in [2.05, 4.69) is 12.2 Å². The molecule has 3 nitrogen and oxygen atoms in total. The Bertz CT molecular complexity index is 419. The minimum absolute atomic E-state index is 0.0937. The van der Waals surface area contributed by atoms with E-state index in [1.807, 2.05) is 24.3 Å². The summed E-state index contributed by atoms with van der Waals surface area (Å²) in [6.45, 7) is 2.60. The lowest BCUT2D eigenvalue weighted by molar-refractivity contribution is -0.122. The molecule has 0 radical (unpaired) electrons. The first-order valence-electron chi connectivity index (χ1n) is 7.20. The maximum atomic E-state index is 12.2. The Hall–Kier alpha value is -1.35. The molecule has 104 valence electrons. The number of hydrogen-bond acceptors (Lipinski definition) is 2. The first kappa shape index (κ1) is 14.1. The number of rotatable bonds is 4. The molecule has 0 aliphatic heterocycles. The fraction of sp³-hybridized carbons (Fsp3) is 0.562. The molecule has 0 atom stereocenters. The van der Waals surface area contributed by atoms with Crippen LogP contribution in [0, 0.1) is 6.92 Å². The molecule has 1 amide bonds. The van der Waals surface area contributed by atoms with E-state index in [1.165, 1.54) is 24.8 Å². The summed E-state index contributed by atoms with van der Waals surface area (Å²) in [5.41, 5.74) is 8.01. The topological polar surface area (TPSA) is 55.1 Å². The standard InChI is InChI=1S/C16H24N2O/c1-13-5-7-14(8-6-13)11-15(19)18-16(12-17)9-3-2-4-10-16/h5-8H,2-4,9-12,17H2,1H3,(H,18,19). The molecule has 0 bridgehead atoms. The highest BCUT2D eigenvalue weighted by molar-refractivity contribution is 5.79. The van der Waals surface area contributed by atoms with Crippen molar-refractivity contribution >= 4 is 5.91 Å². The van der Waals surface area contributed by atoms with E-state index in [0.29, 0.717) is 13.0 Å². The minimum Gasteiger partial charge on any atom is -0.349 e. The quantitative estimate of drug-likeness (QED) is 0.873. The molecule has 1 fully saturated rings. The average Bonchev–Trinajstić information content (AvgIpc) is 2.42. The Morgan fingerprint density at radius 3 is 2.42 bits per heavy atom. The first-order valence-corrected chi connectivity index (χ1v) is 7.20. The highest BCUT2D eigenvalue weighted by Crippen LogP contribution is 2.27. The summed E-state index contributed by atoms with van der Waals surface area (Å²) >= 11 is 0. The number of amides is 1. The largest absolute Gasteiger partial charge is 0.349 e. The van der Waals surface area contributed by atoms with Gasteiger partial charge in [-0.15, -0.1) is 0 Å². The molecular formula is C16H24N2O. The van der Waals surface area contributed by atoms with E-state index in [4.69, 9.17) is 5.73 Å². The molecule has 1 aromatic carbocycles. The zero-order valence-corrected chi connectivity index (χ0v) is 11.7. The van der Waals surface area contributed by atoms with E-state index in [0.717, 1.165) is 18.4 Å². The van der Waals surface area contributed by atoms with Crippen molar-refractivity contribution in [2.45, 2.75) is 51.0 Å². The Kier molecular flexibility index (Phi) is 4.59. The Labute approximate surface area is 115 Å². The molecule has 3 N–H and O–H groups in total. The van der Waals surface area contributed by atoms with Crippen molar-refractivity contribution in [3.63, 3.8) is 0 Å². The Balaban J connectivity index is 1.94. The highest BCUT2D eigenvalue weighted by Gasteiger charge is 2.31. The molecule has 0 heterocycles. The van der Waals surface area contributed by atoms with Crippen LogP contribution in [0.25, 0.3) is 0 Å². The van der Waals surface area contributed by atoms with Gasteiger partial charge in [0.05, 0.1) is 12.0 Å². The number of carbonyl (C=O) groups excluding carboxylic acids is 1. The Morgan fingerprint density at radius 1 is 1.21 bits per heavy atom.